The first-order valence-electron chi connectivity index (χ1n) is 8.88. The van der Waals surface area contributed by atoms with E-state index in [1.165, 1.54) is 19.3 Å². The van der Waals surface area contributed by atoms with Crippen LogP contribution in [-0.2, 0) is 4.79 Å². The number of aliphatic hydroxyl groups is 3. The Hall–Kier alpha value is -0.690. The van der Waals surface area contributed by atoms with Crippen LogP contribution in [0, 0.1) is 29.6 Å². The molecule has 3 rings (SSSR count). The molecule has 3 aliphatic carbocycles. The van der Waals surface area contributed by atoms with Gasteiger partial charge in [0.1, 0.15) is 0 Å². The lowest BCUT2D eigenvalue weighted by molar-refractivity contribution is -0.141. The van der Waals surface area contributed by atoms with Gasteiger partial charge in [0.05, 0.1) is 25.7 Å². The molecule has 0 aromatic heterocycles. The van der Waals surface area contributed by atoms with Crippen molar-refractivity contribution in [1.82, 2.24) is 4.90 Å². The number of hydrogen-bond donors (Lipinski definition) is 4. The van der Waals surface area contributed by atoms with Gasteiger partial charge in [-0.3, -0.25) is 9.69 Å². The fourth-order valence-corrected chi connectivity index (χ4v) is 4.98. The Morgan fingerprint density at radius 1 is 0.826 bits per heavy atom. The average molecular weight is 329 g/mol. The smallest absolute Gasteiger partial charge is 0.306 e. The Morgan fingerprint density at radius 3 is 1.61 bits per heavy atom. The molecule has 0 spiro atoms. The summed E-state index contributed by atoms with van der Waals surface area (Å²) in [6, 6.07) is 0. The van der Waals surface area contributed by atoms with E-state index in [1.54, 1.807) is 4.90 Å². The van der Waals surface area contributed by atoms with Gasteiger partial charge in [-0.2, -0.15) is 0 Å². The summed E-state index contributed by atoms with van der Waals surface area (Å²) in [6.45, 7) is 1.75. The fraction of sp³-hybridized carbons (Fsp3) is 0.941. The van der Waals surface area contributed by atoms with Crippen LogP contribution in [0.5, 0.6) is 0 Å². The predicted octanol–water partition coefficient (Wildman–Crippen LogP) is 0.409. The number of carboxylic acid groups (broad SMARTS) is 1. The molecule has 6 nitrogen and oxygen atoms in total. The van der Waals surface area contributed by atoms with Crippen molar-refractivity contribution in [3.8, 4) is 0 Å². The molecule has 6 heteroatoms. The first-order chi connectivity index (χ1) is 11.1. The summed E-state index contributed by atoms with van der Waals surface area (Å²) in [6.07, 6.45) is 6.17. The minimum absolute atomic E-state index is 0.00148. The SMILES string of the molecule is O=C(O)C1CC2C3CCC(C3)C2C1.OCCN(CCO)CCO. The molecule has 4 unspecified atom stereocenters. The molecule has 4 atom stereocenters. The third kappa shape index (κ3) is 4.66. The minimum atomic E-state index is -0.547. The van der Waals surface area contributed by atoms with Gasteiger partial charge in [0.25, 0.3) is 0 Å². The van der Waals surface area contributed by atoms with Crippen molar-refractivity contribution < 1.29 is 25.2 Å². The highest BCUT2D eigenvalue weighted by Crippen LogP contribution is 2.59. The molecule has 4 N–H and O–H groups in total. The van der Waals surface area contributed by atoms with E-state index in [1.807, 2.05) is 0 Å². The monoisotopic (exact) mass is 329 g/mol. The fourth-order valence-electron chi connectivity index (χ4n) is 4.98. The molecular weight excluding hydrogens is 298 g/mol. The van der Waals surface area contributed by atoms with E-state index in [9.17, 15) is 4.79 Å². The number of nitrogens with zero attached hydrogens (tertiary/aromatic N) is 1. The summed E-state index contributed by atoms with van der Waals surface area (Å²) < 4.78 is 0. The number of carboxylic acids is 1. The molecule has 0 aromatic rings. The Bertz CT molecular complexity index is 346. The van der Waals surface area contributed by atoms with Crippen molar-refractivity contribution in [1.29, 1.82) is 0 Å². The summed E-state index contributed by atoms with van der Waals surface area (Å²) in [5.41, 5.74) is 0. The van der Waals surface area contributed by atoms with Crippen LogP contribution >= 0.6 is 0 Å². The molecule has 2 bridgehead atoms. The Labute approximate surface area is 138 Å². The zero-order valence-electron chi connectivity index (χ0n) is 13.8. The Kier molecular flexibility index (Phi) is 7.27. The lowest BCUT2D eigenvalue weighted by atomic mass is 9.82. The maximum absolute atomic E-state index is 10.9. The van der Waals surface area contributed by atoms with Crippen molar-refractivity contribution in [2.24, 2.45) is 29.6 Å². The molecule has 0 saturated heterocycles. The molecule has 0 amide bonds. The third-order valence-electron chi connectivity index (χ3n) is 5.99. The first-order valence-corrected chi connectivity index (χ1v) is 8.88. The van der Waals surface area contributed by atoms with E-state index in [2.05, 4.69) is 0 Å². The third-order valence-corrected chi connectivity index (χ3v) is 5.99. The second kappa shape index (κ2) is 8.97. The first kappa shape index (κ1) is 18.6. The highest BCUT2D eigenvalue weighted by Gasteiger charge is 2.53. The van der Waals surface area contributed by atoms with Crippen LogP contribution in [0.1, 0.15) is 32.1 Å². The van der Waals surface area contributed by atoms with E-state index >= 15 is 0 Å². The van der Waals surface area contributed by atoms with Gasteiger partial charge in [-0.15, -0.1) is 0 Å². The van der Waals surface area contributed by atoms with Gasteiger partial charge in [0, 0.05) is 19.6 Å². The average Bonchev–Trinajstić information content (AvgIpc) is 3.21. The molecule has 3 fully saturated rings. The highest BCUT2D eigenvalue weighted by molar-refractivity contribution is 5.70. The molecule has 0 aromatic carbocycles. The molecule has 134 valence electrons. The standard InChI is InChI=1S/C11H16O2.C6H15NO3/c12-11(13)8-4-9-6-1-2-7(3-6)10(9)5-8;8-4-1-7(2-5-9)3-6-10/h6-10H,1-5H2,(H,12,13);8-10H,1-6H2. The van der Waals surface area contributed by atoms with Gasteiger partial charge in [-0.05, 0) is 55.8 Å². The van der Waals surface area contributed by atoms with Crippen LogP contribution in [0.25, 0.3) is 0 Å². The number of aliphatic carboxylic acids is 1. The molecule has 3 aliphatic rings. The number of fused-ring (bicyclic) bond motifs is 5. The van der Waals surface area contributed by atoms with E-state index in [-0.39, 0.29) is 25.7 Å². The highest BCUT2D eigenvalue weighted by atomic mass is 16.4. The van der Waals surface area contributed by atoms with E-state index in [0.29, 0.717) is 19.6 Å². The Morgan fingerprint density at radius 2 is 1.26 bits per heavy atom. The number of aliphatic hydroxyl groups excluding tert-OH is 3. The topological polar surface area (TPSA) is 101 Å². The van der Waals surface area contributed by atoms with Crippen molar-refractivity contribution >= 4 is 5.97 Å². The molecule has 3 saturated carbocycles. The second-order valence-corrected chi connectivity index (χ2v) is 7.18. The lowest BCUT2D eigenvalue weighted by Gasteiger charge is -2.23. The van der Waals surface area contributed by atoms with Gasteiger partial charge in [0.15, 0.2) is 0 Å². The Balaban J connectivity index is 0.000000175. The van der Waals surface area contributed by atoms with Crippen molar-refractivity contribution in [3.05, 3.63) is 0 Å². The second-order valence-electron chi connectivity index (χ2n) is 7.18. The normalized spacial score (nSPS) is 34.3. The van der Waals surface area contributed by atoms with E-state index in [4.69, 9.17) is 20.4 Å². The van der Waals surface area contributed by atoms with Crippen LogP contribution in [-0.4, -0.2) is 70.8 Å². The van der Waals surface area contributed by atoms with Crippen LogP contribution in [0.2, 0.25) is 0 Å². The lowest BCUT2D eigenvalue weighted by Crippen LogP contribution is -2.32. The summed E-state index contributed by atoms with van der Waals surface area (Å²) in [5, 5.41) is 34.4. The van der Waals surface area contributed by atoms with E-state index in [0.717, 1.165) is 36.5 Å². The minimum Gasteiger partial charge on any atom is -0.481 e. The van der Waals surface area contributed by atoms with Crippen LogP contribution in [0.15, 0.2) is 0 Å². The number of rotatable bonds is 7. The van der Waals surface area contributed by atoms with Crippen molar-refractivity contribution in [2.75, 3.05) is 39.5 Å². The zero-order chi connectivity index (χ0) is 16.8. The van der Waals surface area contributed by atoms with Gasteiger partial charge in [-0.25, -0.2) is 0 Å². The van der Waals surface area contributed by atoms with Crippen LogP contribution in [0.3, 0.4) is 0 Å². The van der Waals surface area contributed by atoms with Crippen LogP contribution in [0.4, 0.5) is 0 Å². The zero-order valence-corrected chi connectivity index (χ0v) is 13.8. The van der Waals surface area contributed by atoms with Gasteiger partial charge >= 0.3 is 5.97 Å². The molecule has 0 heterocycles. The quantitative estimate of drug-likeness (QED) is 0.540. The van der Waals surface area contributed by atoms with E-state index < -0.39 is 5.97 Å². The maximum atomic E-state index is 10.9. The molecule has 0 aliphatic heterocycles. The summed E-state index contributed by atoms with van der Waals surface area (Å²) in [4.78, 5) is 12.7. The summed E-state index contributed by atoms with van der Waals surface area (Å²) >= 11 is 0. The summed E-state index contributed by atoms with van der Waals surface area (Å²) in [5.74, 6) is 2.84. The van der Waals surface area contributed by atoms with Crippen molar-refractivity contribution in [3.63, 3.8) is 0 Å². The molecule has 23 heavy (non-hydrogen) atoms. The number of carbonyl (C=O) groups is 1. The van der Waals surface area contributed by atoms with Gasteiger partial charge in [-0.1, -0.05) is 0 Å². The van der Waals surface area contributed by atoms with Crippen molar-refractivity contribution in [2.45, 2.75) is 32.1 Å². The summed E-state index contributed by atoms with van der Waals surface area (Å²) in [7, 11) is 0. The number of hydrogen-bond acceptors (Lipinski definition) is 5. The van der Waals surface area contributed by atoms with Crippen LogP contribution < -0.4 is 0 Å². The largest absolute Gasteiger partial charge is 0.481 e. The maximum Gasteiger partial charge on any atom is 0.306 e. The predicted molar refractivity (Wildman–Crippen MR) is 85.9 cm³/mol. The molecule has 0 radical (unpaired) electrons. The van der Waals surface area contributed by atoms with Gasteiger partial charge in [0.2, 0.25) is 0 Å². The van der Waals surface area contributed by atoms with Gasteiger partial charge < -0.3 is 20.4 Å². The molecular formula is C17H31NO5.